The van der Waals surface area contributed by atoms with Gasteiger partial charge in [-0.15, -0.1) is 0 Å². The van der Waals surface area contributed by atoms with E-state index < -0.39 is 5.82 Å². The Hall–Kier alpha value is -2.01. The molecule has 0 saturated heterocycles. The average molecular weight is 278 g/mol. The molecule has 0 aliphatic heterocycles. The molecule has 1 aromatic heterocycles. The van der Waals surface area contributed by atoms with Crippen LogP contribution in [0.4, 0.5) is 8.78 Å². The molecule has 0 aliphatic carbocycles. The first-order chi connectivity index (χ1) is 9.65. The molecule has 0 fully saturated rings. The minimum atomic E-state index is -0.408. The molecular formula is C15H16F2N2O. The van der Waals surface area contributed by atoms with Gasteiger partial charge in [-0.2, -0.15) is 0 Å². The molecule has 1 atom stereocenters. The van der Waals surface area contributed by atoms with Crippen molar-refractivity contribution in [1.82, 2.24) is 10.3 Å². The van der Waals surface area contributed by atoms with Crippen molar-refractivity contribution in [3.8, 4) is 5.75 Å². The molecule has 106 valence electrons. The molecule has 5 heteroatoms. The Labute approximate surface area is 116 Å². The Bertz CT molecular complexity index is 590. The fourth-order valence-electron chi connectivity index (χ4n) is 2.10. The monoisotopic (exact) mass is 278 g/mol. The molecule has 0 spiro atoms. The molecule has 3 nitrogen and oxygen atoms in total. The third-order valence-electron chi connectivity index (χ3n) is 3.16. The first-order valence-electron chi connectivity index (χ1n) is 6.24. The molecule has 0 amide bonds. The second kappa shape index (κ2) is 6.43. The Morgan fingerprint density at radius 3 is 2.75 bits per heavy atom. The van der Waals surface area contributed by atoms with Crippen LogP contribution in [0.25, 0.3) is 0 Å². The van der Waals surface area contributed by atoms with Crippen molar-refractivity contribution in [3.05, 3.63) is 59.4 Å². The average Bonchev–Trinajstić information content (AvgIpc) is 2.46. The molecular weight excluding hydrogens is 262 g/mol. The number of rotatable bonds is 5. The van der Waals surface area contributed by atoms with Gasteiger partial charge in [0.25, 0.3) is 0 Å². The highest BCUT2D eigenvalue weighted by Crippen LogP contribution is 2.25. The molecule has 2 rings (SSSR count). The van der Waals surface area contributed by atoms with Gasteiger partial charge in [-0.05, 0) is 36.7 Å². The van der Waals surface area contributed by atoms with Crippen LogP contribution in [0.2, 0.25) is 0 Å². The van der Waals surface area contributed by atoms with Crippen molar-refractivity contribution in [2.24, 2.45) is 0 Å². The molecule has 1 heterocycles. The number of nitrogens with one attached hydrogen (secondary N) is 1. The third kappa shape index (κ3) is 3.11. The van der Waals surface area contributed by atoms with Crippen LogP contribution in [-0.2, 0) is 6.42 Å². The molecule has 0 aliphatic rings. The lowest BCUT2D eigenvalue weighted by molar-refractivity contribution is 0.383. The van der Waals surface area contributed by atoms with Gasteiger partial charge in [0.05, 0.1) is 13.3 Å². The Morgan fingerprint density at radius 2 is 2.10 bits per heavy atom. The molecule has 1 unspecified atom stereocenters. The number of aromatic nitrogens is 1. The van der Waals surface area contributed by atoms with Crippen LogP contribution < -0.4 is 10.1 Å². The number of ether oxygens (including phenoxy) is 1. The molecule has 2 aromatic rings. The number of hydrogen-bond donors (Lipinski definition) is 1. The topological polar surface area (TPSA) is 34.1 Å². The van der Waals surface area contributed by atoms with E-state index in [1.165, 1.54) is 13.2 Å². The number of methoxy groups -OCH3 is 1. The smallest absolute Gasteiger partial charge is 0.168 e. The van der Waals surface area contributed by atoms with Gasteiger partial charge in [0.15, 0.2) is 11.6 Å². The molecule has 0 saturated carbocycles. The van der Waals surface area contributed by atoms with Crippen molar-refractivity contribution >= 4 is 0 Å². The minimum absolute atomic E-state index is 0.203. The van der Waals surface area contributed by atoms with Crippen LogP contribution in [0.1, 0.15) is 17.2 Å². The van der Waals surface area contributed by atoms with E-state index in [9.17, 15) is 8.78 Å². The first-order valence-corrected chi connectivity index (χ1v) is 6.24. The van der Waals surface area contributed by atoms with Crippen molar-refractivity contribution in [3.63, 3.8) is 0 Å². The zero-order valence-electron chi connectivity index (χ0n) is 11.4. The predicted octanol–water partition coefficient (Wildman–Crippen LogP) is 2.87. The number of nitrogens with zero attached hydrogens (tertiary/aromatic N) is 1. The summed E-state index contributed by atoms with van der Waals surface area (Å²) in [6.45, 7) is 0. The van der Waals surface area contributed by atoms with E-state index in [1.54, 1.807) is 31.4 Å². The quantitative estimate of drug-likeness (QED) is 0.913. The maximum absolute atomic E-state index is 14.1. The molecule has 0 bridgehead atoms. The summed E-state index contributed by atoms with van der Waals surface area (Å²) in [5.41, 5.74) is 1.18. The minimum Gasteiger partial charge on any atom is -0.494 e. The Morgan fingerprint density at radius 1 is 1.30 bits per heavy atom. The van der Waals surface area contributed by atoms with Gasteiger partial charge in [0.1, 0.15) is 5.82 Å². The van der Waals surface area contributed by atoms with Gasteiger partial charge in [-0.3, -0.25) is 4.98 Å². The first kappa shape index (κ1) is 14.4. The maximum Gasteiger partial charge on any atom is 0.168 e. The van der Waals surface area contributed by atoms with Crippen LogP contribution in [0.5, 0.6) is 5.75 Å². The van der Waals surface area contributed by atoms with E-state index in [0.717, 1.165) is 6.20 Å². The highest BCUT2D eigenvalue weighted by Gasteiger charge is 2.16. The standard InChI is InChI=1S/C15H16F2N2O/c1-18-13(11-6-12(16)9-19-8-11)7-10-4-3-5-14(20-2)15(10)17/h3-6,8-9,13,18H,7H2,1-2H3. The van der Waals surface area contributed by atoms with Gasteiger partial charge in [-0.1, -0.05) is 12.1 Å². The SMILES string of the molecule is CNC(Cc1cccc(OC)c1F)c1cncc(F)c1. The summed E-state index contributed by atoms with van der Waals surface area (Å²) in [6, 6.07) is 6.16. The van der Waals surface area contributed by atoms with Crippen molar-refractivity contribution in [2.45, 2.75) is 12.5 Å². The van der Waals surface area contributed by atoms with E-state index in [1.807, 2.05) is 0 Å². The summed E-state index contributed by atoms with van der Waals surface area (Å²) >= 11 is 0. The lowest BCUT2D eigenvalue weighted by Gasteiger charge is -2.17. The molecule has 0 radical (unpaired) electrons. The lowest BCUT2D eigenvalue weighted by atomic mass is 9.99. The lowest BCUT2D eigenvalue weighted by Crippen LogP contribution is -2.19. The fraction of sp³-hybridized carbons (Fsp3) is 0.267. The summed E-state index contributed by atoms with van der Waals surface area (Å²) in [7, 11) is 3.17. The summed E-state index contributed by atoms with van der Waals surface area (Å²) in [5.74, 6) is -0.594. The van der Waals surface area contributed by atoms with Gasteiger partial charge in [0, 0.05) is 12.2 Å². The van der Waals surface area contributed by atoms with E-state index in [0.29, 0.717) is 17.5 Å². The highest BCUT2D eigenvalue weighted by atomic mass is 19.1. The van der Waals surface area contributed by atoms with Gasteiger partial charge in [0.2, 0.25) is 0 Å². The zero-order valence-corrected chi connectivity index (χ0v) is 11.4. The van der Waals surface area contributed by atoms with E-state index in [4.69, 9.17) is 4.74 Å². The van der Waals surface area contributed by atoms with Crippen LogP contribution in [0, 0.1) is 11.6 Å². The van der Waals surface area contributed by atoms with Crippen molar-refractivity contribution in [2.75, 3.05) is 14.2 Å². The molecule has 20 heavy (non-hydrogen) atoms. The van der Waals surface area contributed by atoms with Crippen LogP contribution >= 0.6 is 0 Å². The van der Waals surface area contributed by atoms with Gasteiger partial charge >= 0.3 is 0 Å². The number of likely N-dealkylation sites (N-methyl/N-ethyl adjacent to an activating group) is 1. The van der Waals surface area contributed by atoms with Crippen LogP contribution in [0.3, 0.4) is 0 Å². The summed E-state index contributed by atoms with van der Waals surface area (Å²) < 4.78 is 32.3. The third-order valence-corrected chi connectivity index (χ3v) is 3.16. The molecule has 1 N–H and O–H groups in total. The summed E-state index contributed by atoms with van der Waals surface area (Å²) in [6.07, 6.45) is 3.09. The van der Waals surface area contributed by atoms with E-state index >= 15 is 0 Å². The zero-order chi connectivity index (χ0) is 14.5. The van der Waals surface area contributed by atoms with Crippen LogP contribution in [-0.4, -0.2) is 19.1 Å². The van der Waals surface area contributed by atoms with Crippen molar-refractivity contribution in [1.29, 1.82) is 0 Å². The summed E-state index contributed by atoms with van der Waals surface area (Å²) in [5, 5.41) is 3.04. The van der Waals surface area contributed by atoms with E-state index in [2.05, 4.69) is 10.3 Å². The largest absolute Gasteiger partial charge is 0.494 e. The highest BCUT2D eigenvalue weighted by molar-refractivity contribution is 5.32. The van der Waals surface area contributed by atoms with E-state index in [-0.39, 0.29) is 17.6 Å². The van der Waals surface area contributed by atoms with Crippen LogP contribution in [0.15, 0.2) is 36.7 Å². The number of hydrogen-bond acceptors (Lipinski definition) is 3. The number of pyridine rings is 1. The second-order valence-corrected chi connectivity index (χ2v) is 4.42. The number of halogens is 2. The van der Waals surface area contributed by atoms with Gasteiger partial charge in [-0.25, -0.2) is 8.78 Å². The Balaban J connectivity index is 2.27. The van der Waals surface area contributed by atoms with Gasteiger partial charge < -0.3 is 10.1 Å². The summed E-state index contributed by atoms with van der Waals surface area (Å²) in [4.78, 5) is 3.82. The number of benzene rings is 1. The van der Waals surface area contributed by atoms with Crippen molar-refractivity contribution < 1.29 is 13.5 Å². The predicted molar refractivity (Wildman–Crippen MR) is 72.7 cm³/mol. The fourth-order valence-corrected chi connectivity index (χ4v) is 2.10. The maximum atomic E-state index is 14.1. The Kier molecular flexibility index (Phi) is 4.63. The molecule has 1 aromatic carbocycles. The normalized spacial score (nSPS) is 12.2. The second-order valence-electron chi connectivity index (χ2n) is 4.42.